The highest BCUT2D eigenvalue weighted by Crippen LogP contribution is 2.25. The first-order chi connectivity index (χ1) is 11.6. The van der Waals surface area contributed by atoms with Crippen molar-refractivity contribution >= 4 is 5.91 Å². The van der Waals surface area contributed by atoms with Crippen LogP contribution in [0.25, 0.3) is 0 Å². The van der Waals surface area contributed by atoms with Crippen molar-refractivity contribution in [3.63, 3.8) is 0 Å². The Morgan fingerprint density at radius 3 is 2.96 bits per heavy atom. The third kappa shape index (κ3) is 3.66. The minimum atomic E-state index is 0.187. The number of hydrogen-bond acceptors (Lipinski definition) is 5. The second kappa shape index (κ2) is 7.15. The summed E-state index contributed by atoms with van der Waals surface area (Å²) in [5, 5.41) is 8.41. The molecule has 2 aromatic rings. The molecule has 1 aliphatic rings. The fraction of sp³-hybridized carbons (Fsp3) is 0.647. The molecular weight excluding hydrogens is 306 g/mol. The van der Waals surface area contributed by atoms with Gasteiger partial charge in [0, 0.05) is 45.1 Å². The SMILES string of the molecule is CCc1nc([C@@H]2CCCN(C(=O)CCc3cn(C)nc3C)C2)no1. The molecule has 0 aliphatic carbocycles. The standard InChI is InChI=1S/C17H25N5O2/c1-4-15-18-17(20-24-15)14-6-5-9-22(11-14)16(23)8-7-13-10-21(3)19-12(13)2/h10,14H,4-9,11H2,1-3H3/t14-/m1/s1. The largest absolute Gasteiger partial charge is 0.342 e. The van der Waals surface area contributed by atoms with E-state index in [-0.39, 0.29) is 11.8 Å². The maximum Gasteiger partial charge on any atom is 0.226 e. The summed E-state index contributed by atoms with van der Waals surface area (Å²) in [4.78, 5) is 18.9. The van der Waals surface area contributed by atoms with Gasteiger partial charge in [0.15, 0.2) is 5.82 Å². The summed E-state index contributed by atoms with van der Waals surface area (Å²) in [6, 6.07) is 0. The maximum absolute atomic E-state index is 12.6. The number of carbonyl (C=O) groups is 1. The fourth-order valence-electron chi connectivity index (χ4n) is 3.29. The zero-order valence-electron chi connectivity index (χ0n) is 14.7. The topological polar surface area (TPSA) is 77.1 Å². The molecular formula is C17H25N5O2. The van der Waals surface area contributed by atoms with Crippen LogP contribution in [0.3, 0.4) is 0 Å². The van der Waals surface area contributed by atoms with Gasteiger partial charge < -0.3 is 9.42 Å². The molecule has 0 saturated carbocycles. The summed E-state index contributed by atoms with van der Waals surface area (Å²) in [6.07, 6.45) is 5.99. The molecule has 0 N–H and O–H groups in total. The van der Waals surface area contributed by atoms with Crippen molar-refractivity contribution in [2.24, 2.45) is 7.05 Å². The van der Waals surface area contributed by atoms with E-state index in [0.29, 0.717) is 18.9 Å². The molecule has 0 radical (unpaired) electrons. The first-order valence-electron chi connectivity index (χ1n) is 8.66. The third-order valence-corrected chi connectivity index (χ3v) is 4.65. The molecule has 7 heteroatoms. The predicted octanol–water partition coefficient (Wildman–Crippen LogP) is 2.01. The molecule has 1 atom stereocenters. The number of amides is 1. The highest BCUT2D eigenvalue weighted by molar-refractivity contribution is 5.76. The highest BCUT2D eigenvalue weighted by atomic mass is 16.5. The van der Waals surface area contributed by atoms with Crippen molar-refractivity contribution in [3.8, 4) is 0 Å². The van der Waals surface area contributed by atoms with E-state index in [1.165, 1.54) is 0 Å². The van der Waals surface area contributed by atoms with E-state index < -0.39 is 0 Å². The van der Waals surface area contributed by atoms with Crippen LogP contribution in [0.5, 0.6) is 0 Å². The van der Waals surface area contributed by atoms with E-state index >= 15 is 0 Å². The van der Waals surface area contributed by atoms with Crippen LogP contribution < -0.4 is 0 Å². The van der Waals surface area contributed by atoms with Gasteiger partial charge in [-0.1, -0.05) is 12.1 Å². The smallest absolute Gasteiger partial charge is 0.226 e. The molecule has 0 unspecified atom stereocenters. The monoisotopic (exact) mass is 331 g/mol. The van der Waals surface area contributed by atoms with E-state index in [1.807, 2.05) is 32.0 Å². The second-order valence-corrected chi connectivity index (χ2v) is 6.49. The Hall–Kier alpha value is -2.18. The molecule has 0 aromatic carbocycles. The Kier molecular flexibility index (Phi) is 4.97. The number of aromatic nitrogens is 4. The zero-order chi connectivity index (χ0) is 17.1. The van der Waals surface area contributed by atoms with Gasteiger partial charge in [-0.25, -0.2) is 0 Å². The molecule has 1 saturated heterocycles. The van der Waals surface area contributed by atoms with Gasteiger partial charge in [-0.2, -0.15) is 10.1 Å². The number of aryl methyl sites for hydroxylation is 4. The lowest BCUT2D eigenvalue weighted by Crippen LogP contribution is -2.39. The predicted molar refractivity (Wildman–Crippen MR) is 88.5 cm³/mol. The molecule has 7 nitrogen and oxygen atoms in total. The van der Waals surface area contributed by atoms with Gasteiger partial charge in [0.1, 0.15) is 0 Å². The third-order valence-electron chi connectivity index (χ3n) is 4.65. The van der Waals surface area contributed by atoms with Crippen LogP contribution in [0.2, 0.25) is 0 Å². The number of likely N-dealkylation sites (tertiary alicyclic amines) is 1. The second-order valence-electron chi connectivity index (χ2n) is 6.49. The van der Waals surface area contributed by atoms with Crippen molar-refractivity contribution < 1.29 is 9.32 Å². The van der Waals surface area contributed by atoms with Gasteiger partial charge in [0.25, 0.3) is 0 Å². The van der Waals surface area contributed by atoms with E-state index in [1.54, 1.807) is 4.68 Å². The molecule has 0 spiro atoms. The highest BCUT2D eigenvalue weighted by Gasteiger charge is 2.27. The Morgan fingerprint density at radius 2 is 2.29 bits per heavy atom. The van der Waals surface area contributed by atoms with Gasteiger partial charge >= 0.3 is 0 Å². The first-order valence-corrected chi connectivity index (χ1v) is 8.66. The lowest BCUT2D eigenvalue weighted by Gasteiger charge is -2.31. The molecule has 0 bridgehead atoms. The Bertz CT molecular complexity index is 706. The van der Waals surface area contributed by atoms with E-state index in [0.717, 1.165) is 49.3 Å². The van der Waals surface area contributed by atoms with Crippen LogP contribution >= 0.6 is 0 Å². The average Bonchev–Trinajstić information content (AvgIpc) is 3.19. The molecule has 2 aromatic heterocycles. The summed E-state index contributed by atoms with van der Waals surface area (Å²) < 4.78 is 7.01. The molecule has 3 rings (SSSR count). The van der Waals surface area contributed by atoms with Gasteiger partial charge in [-0.3, -0.25) is 9.48 Å². The number of piperidine rings is 1. The number of nitrogens with zero attached hydrogens (tertiary/aromatic N) is 5. The van der Waals surface area contributed by atoms with Crippen LogP contribution in [-0.4, -0.2) is 43.8 Å². The maximum atomic E-state index is 12.6. The van der Waals surface area contributed by atoms with E-state index in [9.17, 15) is 4.79 Å². The summed E-state index contributed by atoms with van der Waals surface area (Å²) in [5.74, 6) is 1.79. The van der Waals surface area contributed by atoms with Gasteiger partial charge in [0.2, 0.25) is 11.8 Å². The van der Waals surface area contributed by atoms with Crippen molar-refractivity contribution in [2.75, 3.05) is 13.1 Å². The van der Waals surface area contributed by atoms with E-state index in [4.69, 9.17) is 4.52 Å². The number of hydrogen-bond donors (Lipinski definition) is 0. The Labute approximate surface area is 142 Å². The lowest BCUT2D eigenvalue weighted by atomic mass is 9.97. The lowest BCUT2D eigenvalue weighted by molar-refractivity contribution is -0.132. The summed E-state index contributed by atoms with van der Waals surface area (Å²) in [6.45, 7) is 5.49. The average molecular weight is 331 g/mol. The van der Waals surface area contributed by atoms with Crippen molar-refractivity contribution in [2.45, 2.75) is 51.9 Å². The van der Waals surface area contributed by atoms with Gasteiger partial charge in [-0.15, -0.1) is 0 Å². The van der Waals surface area contributed by atoms with Crippen LogP contribution in [-0.2, 0) is 24.7 Å². The fourth-order valence-corrected chi connectivity index (χ4v) is 3.29. The van der Waals surface area contributed by atoms with Crippen LogP contribution in [0.1, 0.15) is 55.1 Å². The van der Waals surface area contributed by atoms with Gasteiger partial charge in [0.05, 0.1) is 5.69 Å². The normalized spacial score (nSPS) is 18.1. The minimum Gasteiger partial charge on any atom is -0.342 e. The van der Waals surface area contributed by atoms with Crippen molar-refractivity contribution in [1.29, 1.82) is 0 Å². The number of carbonyl (C=O) groups excluding carboxylic acids is 1. The van der Waals surface area contributed by atoms with Crippen LogP contribution in [0, 0.1) is 6.92 Å². The molecule has 1 amide bonds. The van der Waals surface area contributed by atoms with Crippen LogP contribution in [0.15, 0.2) is 10.7 Å². The molecule has 3 heterocycles. The van der Waals surface area contributed by atoms with E-state index in [2.05, 4.69) is 15.2 Å². The van der Waals surface area contributed by atoms with Crippen molar-refractivity contribution in [1.82, 2.24) is 24.8 Å². The van der Waals surface area contributed by atoms with Crippen LogP contribution in [0.4, 0.5) is 0 Å². The molecule has 24 heavy (non-hydrogen) atoms. The first kappa shape index (κ1) is 16.7. The molecule has 1 fully saturated rings. The summed E-state index contributed by atoms with van der Waals surface area (Å²) in [7, 11) is 1.91. The van der Waals surface area contributed by atoms with Crippen molar-refractivity contribution in [3.05, 3.63) is 29.2 Å². The summed E-state index contributed by atoms with van der Waals surface area (Å²) >= 11 is 0. The quantitative estimate of drug-likeness (QED) is 0.837. The molecule has 1 aliphatic heterocycles. The number of rotatable bonds is 5. The molecule has 130 valence electrons. The van der Waals surface area contributed by atoms with Gasteiger partial charge in [-0.05, 0) is 31.7 Å². The Morgan fingerprint density at radius 1 is 1.46 bits per heavy atom. The summed E-state index contributed by atoms with van der Waals surface area (Å²) in [5.41, 5.74) is 2.14. The Balaban J connectivity index is 1.57. The zero-order valence-corrected chi connectivity index (χ0v) is 14.7. The minimum absolute atomic E-state index is 0.187.